The number of furan rings is 1. The molecule has 0 saturated heterocycles. The zero-order chi connectivity index (χ0) is 27.1. The van der Waals surface area contributed by atoms with Crippen molar-refractivity contribution in [2.75, 3.05) is 18.6 Å². The molecule has 2 heterocycles. The second-order valence-corrected chi connectivity index (χ2v) is 8.84. The molecule has 4 aromatic rings. The number of benzene rings is 3. The summed E-state index contributed by atoms with van der Waals surface area (Å²) in [5.41, 5.74) is 0.309. The maximum absolute atomic E-state index is 14.2. The van der Waals surface area contributed by atoms with Gasteiger partial charge in [-0.2, -0.15) is 0 Å². The highest BCUT2D eigenvalue weighted by Gasteiger charge is 2.45. The fraction of sp³-hybridized carbons (Fsp3) is 0.143. The first-order valence-electron chi connectivity index (χ1n) is 11.5. The van der Waals surface area contributed by atoms with Crippen LogP contribution in [0, 0.1) is 11.6 Å². The molecular weight excluding hydrogens is 520 g/mol. The van der Waals surface area contributed by atoms with Gasteiger partial charge in [-0.05, 0) is 48.9 Å². The topological polar surface area (TPSA) is 89.2 Å². The summed E-state index contributed by atoms with van der Waals surface area (Å²) in [6.07, 6.45) is 0. The lowest BCUT2D eigenvalue weighted by molar-refractivity contribution is -0.117. The monoisotopic (exact) mass is 539 g/mol. The summed E-state index contributed by atoms with van der Waals surface area (Å²) in [4.78, 5) is 28.1. The van der Waals surface area contributed by atoms with Crippen molar-refractivity contribution in [3.8, 4) is 11.5 Å². The van der Waals surface area contributed by atoms with Gasteiger partial charge in [-0.1, -0.05) is 23.7 Å². The predicted molar refractivity (Wildman–Crippen MR) is 136 cm³/mol. The van der Waals surface area contributed by atoms with E-state index in [1.807, 2.05) is 6.92 Å². The van der Waals surface area contributed by atoms with Crippen molar-refractivity contribution < 1.29 is 37.4 Å². The molecule has 0 radical (unpaired) electrons. The Hall–Kier alpha value is -4.37. The average molecular weight is 540 g/mol. The number of aliphatic hydroxyl groups excluding tert-OH is 1. The van der Waals surface area contributed by atoms with Crippen LogP contribution >= 0.6 is 11.6 Å². The molecule has 38 heavy (non-hydrogen) atoms. The van der Waals surface area contributed by atoms with Crippen LogP contribution in [-0.2, 0) is 4.79 Å². The molecule has 1 aliphatic rings. The van der Waals surface area contributed by atoms with E-state index < -0.39 is 35.1 Å². The Bertz CT molecular complexity index is 1610. The van der Waals surface area contributed by atoms with Crippen LogP contribution in [0.2, 0.25) is 5.02 Å². The number of halogens is 3. The highest BCUT2D eigenvalue weighted by Crippen LogP contribution is 2.43. The molecule has 1 unspecified atom stereocenters. The Morgan fingerprint density at radius 3 is 2.47 bits per heavy atom. The number of hydrogen-bond donors (Lipinski definition) is 1. The third-order valence-corrected chi connectivity index (χ3v) is 6.35. The molecule has 1 atom stereocenters. The first kappa shape index (κ1) is 25.3. The quantitative estimate of drug-likeness (QED) is 0.268. The lowest BCUT2D eigenvalue weighted by Gasteiger charge is -2.27. The van der Waals surface area contributed by atoms with Crippen molar-refractivity contribution in [1.82, 2.24) is 0 Å². The number of ketones is 1. The number of carbonyl (C=O) groups is 2. The molecule has 5 rings (SSSR count). The summed E-state index contributed by atoms with van der Waals surface area (Å²) in [7, 11) is 1.42. The molecule has 3 aromatic carbocycles. The van der Waals surface area contributed by atoms with Crippen molar-refractivity contribution in [2.24, 2.45) is 0 Å². The predicted octanol–water partition coefficient (Wildman–Crippen LogP) is 6.55. The van der Waals surface area contributed by atoms with Gasteiger partial charge in [0, 0.05) is 28.2 Å². The van der Waals surface area contributed by atoms with Crippen LogP contribution in [0.3, 0.4) is 0 Å². The van der Waals surface area contributed by atoms with Crippen molar-refractivity contribution in [1.29, 1.82) is 0 Å². The Balaban J connectivity index is 1.65. The summed E-state index contributed by atoms with van der Waals surface area (Å²) in [5.74, 6) is -4.24. The van der Waals surface area contributed by atoms with Gasteiger partial charge < -0.3 is 19.0 Å². The second-order valence-electron chi connectivity index (χ2n) is 8.41. The molecule has 0 bridgehead atoms. The molecule has 10 heteroatoms. The van der Waals surface area contributed by atoms with Gasteiger partial charge in [-0.15, -0.1) is 0 Å². The van der Waals surface area contributed by atoms with Gasteiger partial charge in [-0.3, -0.25) is 14.5 Å². The van der Waals surface area contributed by atoms with E-state index in [2.05, 4.69) is 0 Å². The first-order valence-corrected chi connectivity index (χ1v) is 11.9. The number of carbonyl (C=O) groups excluding carboxylic acids is 2. The normalized spacial score (nSPS) is 15.4. The number of Topliss-reactive ketones (excluding diaryl/α,β-unsaturated/α-hetero) is 1. The van der Waals surface area contributed by atoms with E-state index in [0.717, 1.165) is 17.0 Å². The van der Waals surface area contributed by atoms with Gasteiger partial charge in [0.05, 0.1) is 25.3 Å². The number of nitrogens with zero attached hydrogens (tertiary/aromatic N) is 1. The SMILES string of the molecule is CCOc1ccc(C2C(C(=O)c3cc4cc(Cl)cc(OC)c4o3)=C(O)C(=O)N2c2ccc(F)c(F)c2)cc1. The molecule has 1 N–H and O–H groups in total. The minimum Gasteiger partial charge on any atom is -0.503 e. The van der Waals surface area contributed by atoms with Gasteiger partial charge in [0.15, 0.2) is 34.5 Å². The maximum Gasteiger partial charge on any atom is 0.294 e. The van der Waals surface area contributed by atoms with Crippen LogP contribution in [0.4, 0.5) is 14.5 Å². The lowest BCUT2D eigenvalue weighted by atomic mass is 9.94. The Labute approximate surface area is 220 Å². The van der Waals surface area contributed by atoms with E-state index >= 15 is 0 Å². The van der Waals surface area contributed by atoms with E-state index in [0.29, 0.717) is 34.1 Å². The van der Waals surface area contributed by atoms with Crippen LogP contribution < -0.4 is 14.4 Å². The van der Waals surface area contributed by atoms with Crippen LogP contribution in [0.1, 0.15) is 29.1 Å². The van der Waals surface area contributed by atoms with E-state index in [1.165, 1.54) is 25.3 Å². The molecule has 0 spiro atoms. The standard InChI is InChI=1S/C28H20ClF2NO6/c1-3-37-18-7-4-14(5-8-18)24-23(26(34)28(35)32(24)17-6-9-19(30)20(31)13-17)25(33)21-11-15-10-16(29)12-22(36-2)27(15)38-21/h4-13,24,34H,3H2,1-2H3. The molecule has 1 aromatic heterocycles. The summed E-state index contributed by atoms with van der Waals surface area (Å²) < 4.78 is 44.4. The lowest BCUT2D eigenvalue weighted by Crippen LogP contribution is -2.31. The average Bonchev–Trinajstić information content (AvgIpc) is 3.44. The number of anilines is 1. The highest BCUT2D eigenvalue weighted by atomic mass is 35.5. The van der Waals surface area contributed by atoms with Crippen LogP contribution in [0.25, 0.3) is 11.0 Å². The van der Waals surface area contributed by atoms with Gasteiger partial charge in [0.1, 0.15) is 5.75 Å². The fourth-order valence-electron chi connectivity index (χ4n) is 4.45. The molecular formula is C28H20ClF2NO6. The third kappa shape index (κ3) is 4.24. The Kier molecular flexibility index (Phi) is 6.54. The molecule has 1 amide bonds. The summed E-state index contributed by atoms with van der Waals surface area (Å²) in [5, 5.41) is 11.7. The van der Waals surface area contributed by atoms with E-state index in [9.17, 15) is 23.5 Å². The second kappa shape index (κ2) is 9.83. The van der Waals surface area contributed by atoms with E-state index in [4.69, 9.17) is 25.5 Å². The minimum atomic E-state index is -1.19. The highest BCUT2D eigenvalue weighted by molar-refractivity contribution is 6.31. The molecule has 0 saturated carbocycles. The van der Waals surface area contributed by atoms with Gasteiger partial charge in [-0.25, -0.2) is 8.78 Å². The Morgan fingerprint density at radius 1 is 1.08 bits per heavy atom. The summed E-state index contributed by atoms with van der Waals surface area (Å²) in [6, 6.07) is 12.7. The van der Waals surface area contributed by atoms with Gasteiger partial charge in [0.25, 0.3) is 5.91 Å². The van der Waals surface area contributed by atoms with Crippen molar-refractivity contribution >= 4 is 39.9 Å². The summed E-state index contributed by atoms with van der Waals surface area (Å²) in [6.45, 7) is 2.24. The number of fused-ring (bicyclic) bond motifs is 1. The molecule has 1 aliphatic heterocycles. The minimum absolute atomic E-state index is 0.0554. The number of amides is 1. The smallest absolute Gasteiger partial charge is 0.294 e. The zero-order valence-electron chi connectivity index (χ0n) is 20.1. The van der Waals surface area contributed by atoms with Crippen LogP contribution in [-0.4, -0.2) is 30.5 Å². The van der Waals surface area contributed by atoms with Gasteiger partial charge in [0.2, 0.25) is 5.78 Å². The van der Waals surface area contributed by atoms with Crippen LogP contribution in [0.5, 0.6) is 11.5 Å². The third-order valence-electron chi connectivity index (χ3n) is 6.13. The van der Waals surface area contributed by atoms with E-state index in [1.54, 1.807) is 30.3 Å². The molecule has 0 aliphatic carbocycles. The number of ether oxygens (including phenoxy) is 2. The molecule has 7 nitrogen and oxygen atoms in total. The maximum atomic E-state index is 14.2. The first-order chi connectivity index (χ1) is 18.2. The number of aliphatic hydroxyl groups is 1. The van der Waals surface area contributed by atoms with Crippen molar-refractivity contribution in [3.63, 3.8) is 0 Å². The van der Waals surface area contributed by atoms with E-state index in [-0.39, 0.29) is 22.6 Å². The largest absolute Gasteiger partial charge is 0.503 e. The van der Waals surface area contributed by atoms with Crippen molar-refractivity contribution in [2.45, 2.75) is 13.0 Å². The number of rotatable bonds is 7. The number of hydrogen-bond acceptors (Lipinski definition) is 6. The van der Waals surface area contributed by atoms with Gasteiger partial charge >= 0.3 is 0 Å². The van der Waals surface area contributed by atoms with Crippen molar-refractivity contribution in [3.05, 3.63) is 100.0 Å². The molecule has 194 valence electrons. The Morgan fingerprint density at radius 2 is 1.82 bits per heavy atom. The molecule has 0 fully saturated rings. The number of methoxy groups -OCH3 is 1. The summed E-state index contributed by atoms with van der Waals surface area (Å²) >= 11 is 6.14. The fourth-order valence-corrected chi connectivity index (χ4v) is 4.67. The van der Waals surface area contributed by atoms with Crippen LogP contribution in [0.15, 0.2) is 76.4 Å². The zero-order valence-corrected chi connectivity index (χ0v) is 20.9.